The van der Waals surface area contributed by atoms with Crippen LogP contribution >= 0.6 is 0 Å². The van der Waals surface area contributed by atoms with Crippen LogP contribution in [0.2, 0.25) is 0 Å². The Morgan fingerprint density at radius 3 is 2.64 bits per heavy atom. The lowest BCUT2D eigenvalue weighted by atomic mass is 10.7. The number of carbonyl (C=O) groups excluding carboxylic acids is 1. The van der Waals surface area contributed by atoms with Crippen molar-refractivity contribution >= 4 is 12.0 Å². The molecule has 0 aromatic rings. The number of hydrogen-bond acceptors (Lipinski definition) is 3. The molecule has 0 atom stereocenters. The van der Waals surface area contributed by atoms with E-state index in [2.05, 4.69) is 10.2 Å². The van der Waals surface area contributed by atoms with Gasteiger partial charge in [-0.15, -0.1) is 0 Å². The number of carbonyl (C=O) groups is 2. The maximum Gasteiger partial charge on any atom is 0.338 e. The van der Waals surface area contributed by atoms with E-state index in [9.17, 15) is 9.59 Å². The fraction of sp³-hybridized carbons (Fsp3) is 0.600. The molecule has 0 aromatic carbocycles. The second kappa shape index (κ2) is 5.48. The topological polar surface area (TPSA) is 87.7 Å². The zero-order valence-corrected chi connectivity index (χ0v) is 6.09. The van der Waals surface area contributed by atoms with Gasteiger partial charge in [0.2, 0.25) is 0 Å². The number of carboxylic acid groups (broad SMARTS) is 1. The molecule has 0 aliphatic carbocycles. The third kappa shape index (κ3) is 6.59. The van der Waals surface area contributed by atoms with Crippen molar-refractivity contribution in [1.29, 1.82) is 0 Å². The molecular weight excluding hydrogens is 152 g/mol. The first-order valence-corrected chi connectivity index (χ1v) is 3.04. The molecule has 0 spiro atoms. The number of carboxylic acids is 1. The minimum absolute atomic E-state index is 0.461. The lowest BCUT2D eigenvalue weighted by molar-refractivity contribution is -0.144. The molecule has 0 rings (SSSR count). The van der Waals surface area contributed by atoms with Crippen LogP contribution in [0.4, 0.5) is 4.79 Å². The van der Waals surface area contributed by atoms with Crippen LogP contribution in [0.15, 0.2) is 0 Å². The molecule has 0 unspecified atom stereocenters. The summed E-state index contributed by atoms with van der Waals surface area (Å²) in [5.41, 5.74) is 1.88. The molecule has 0 heterocycles. The maximum absolute atomic E-state index is 10.5. The molecule has 0 fully saturated rings. The fourth-order valence-corrected chi connectivity index (χ4v) is 0.360. The van der Waals surface area contributed by atoms with Gasteiger partial charge in [0, 0.05) is 6.54 Å². The van der Waals surface area contributed by atoms with Crippen molar-refractivity contribution in [2.24, 2.45) is 0 Å². The minimum atomic E-state index is -1.14. The van der Waals surface area contributed by atoms with Gasteiger partial charge in [0.15, 0.2) is 6.61 Å². The van der Waals surface area contributed by atoms with Crippen LogP contribution in [0.5, 0.6) is 0 Å². The van der Waals surface area contributed by atoms with Crippen molar-refractivity contribution in [3.05, 3.63) is 0 Å². The minimum Gasteiger partial charge on any atom is -0.479 e. The Morgan fingerprint density at radius 2 is 2.18 bits per heavy atom. The predicted molar refractivity (Wildman–Crippen MR) is 35.8 cm³/mol. The van der Waals surface area contributed by atoms with Gasteiger partial charge in [-0.05, 0) is 6.92 Å². The average molecular weight is 162 g/mol. The van der Waals surface area contributed by atoms with Gasteiger partial charge >= 0.3 is 12.0 Å². The van der Waals surface area contributed by atoms with E-state index < -0.39 is 18.6 Å². The summed E-state index contributed by atoms with van der Waals surface area (Å²) in [5, 5.41) is 10.4. The molecule has 2 amide bonds. The predicted octanol–water partition coefficient (Wildman–Crippen LogP) is -0.678. The summed E-state index contributed by atoms with van der Waals surface area (Å²) < 4.78 is 0. The highest BCUT2D eigenvalue weighted by Gasteiger charge is 1.99. The smallest absolute Gasteiger partial charge is 0.338 e. The summed E-state index contributed by atoms with van der Waals surface area (Å²) in [4.78, 5) is 24.6. The van der Waals surface area contributed by atoms with Gasteiger partial charge in [-0.25, -0.2) is 15.1 Å². The molecule has 64 valence electrons. The Hall–Kier alpha value is -1.30. The van der Waals surface area contributed by atoms with Crippen LogP contribution in [0.1, 0.15) is 6.92 Å². The van der Waals surface area contributed by atoms with Gasteiger partial charge in [-0.3, -0.25) is 4.84 Å². The van der Waals surface area contributed by atoms with Gasteiger partial charge in [0.1, 0.15) is 0 Å². The molecular formula is C5H10N2O4. The molecule has 0 aliphatic heterocycles. The second-order valence-electron chi connectivity index (χ2n) is 1.64. The van der Waals surface area contributed by atoms with E-state index in [4.69, 9.17) is 5.11 Å². The summed E-state index contributed by atoms with van der Waals surface area (Å²) >= 11 is 0. The summed E-state index contributed by atoms with van der Waals surface area (Å²) in [7, 11) is 0. The van der Waals surface area contributed by atoms with E-state index >= 15 is 0 Å². The van der Waals surface area contributed by atoms with Crippen molar-refractivity contribution in [2.45, 2.75) is 6.92 Å². The largest absolute Gasteiger partial charge is 0.479 e. The van der Waals surface area contributed by atoms with E-state index in [0.717, 1.165) is 0 Å². The maximum atomic E-state index is 10.5. The third-order valence-electron chi connectivity index (χ3n) is 0.698. The number of aliphatic carboxylic acids is 1. The first-order chi connectivity index (χ1) is 5.16. The van der Waals surface area contributed by atoms with E-state index in [1.54, 1.807) is 6.92 Å². The first kappa shape index (κ1) is 9.70. The molecule has 0 saturated heterocycles. The number of hydroxylamine groups is 1. The third-order valence-corrected chi connectivity index (χ3v) is 0.698. The van der Waals surface area contributed by atoms with E-state index in [1.165, 1.54) is 0 Å². The number of nitrogens with one attached hydrogen (secondary N) is 2. The lowest BCUT2D eigenvalue weighted by Crippen LogP contribution is -2.36. The zero-order chi connectivity index (χ0) is 8.69. The van der Waals surface area contributed by atoms with Crippen LogP contribution in [-0.2, 0) is 9.63 Å². The number of rotatable bonds is 4. The Labute approximate surface area is 63.5 Å². The normalized spacial score (nSPS) is 8.82. The van der Waals surface area contributed by atoms with Crippen LogP contribution in [0.25, 0.3) is 0 Å². The Bertz CT molecular complexity index is 147. The van der Waals surface area contributed by atoms with Gasteiger partial charge < -0.3 is 10.4 Å². The van der Waals surface area contributed by atoms with Crippen molar-refractivity contribution < 1.29 is 19.5 Å². The average Bonchev–Trinajstić information content (AvgIpc) is 1.87. The fourth-order valence-electron chi connectivity index (χ4n) is 0.360. The standard InChI is InChI=1S/C5H10N2O4/c1-2-6-5(10)7-11-3-4(8)9/h2-3H2,1H3,(H,8,9)(H2,6,7,10). The van der Waals surface area contributed by atoms with Gasteiger partial charge in [0.05, 0.1) is 0 Å². The Morgan fingerprint density at radius 1 is 1.55 bits per heavy atom. The molecule has 0 radical (unpaired) electrons. The number of hydrogen-bond donors (Lipinski definition) is 3. The van der Waals surface area contributed by atoms with Gasteiger partial charge in [0.25, 0.3) is 0 Å². The number of amides is 2. The molecule has 0 saturated carbocycles. The quantitative estimate of drug-likeness (QED) is 0.478. The van der Waals surface area contributed by atoms with Crippen LogP contribution < -0.4 is 10.8 Å². The van der Waals surface area contributed by atoms with E-state index in [-0.39, 0.29) is 0 Å². The second-order valence-corrected chi connectivity index (χ2v) is 1.64. The molecule has 0 aromatic heterocycles. The summed E-state index contributed by atoms with van der Waals surface area (Å²) in [6.45, 7) is 1.65. The van der Waals surface area contributed by atoms with Gasteiger partial charge in [-0.2, -0.15) is 0 Å². The summed E-state index contributed by atoms with van der Waals surface area (Å²) in [6.07, 6.45) is 0. The number of urea groups is 1. The summed E-state index contributed by atoms with van der Waals surface area (Å²) in [5.74, 6) is -1.14. The molecule has 0 aliphatic rings. The summed E-state index contributed by atoms with van der Waals surface area (Å²) in [6, 6.07) is -0.547. The Kier molecular flexibility index (Phi) is 4.83. The highest BCUT2D eigenvalue weighted by Crippen LogP contribution is 1.69. The van der Waals surface area contributed by atoms with Crippen molar-refractivity contribution in [2.75, 3.05) is 13.2 Å². The molecule has 6 heteroatoms. The zero-order valence-electron chi connectivity index (χ0n) is 6.09. The molecule has 11 heavy (non-hydrogen) atoms. The lowest BCUT2D eigenvalue weighted by Gasteiger charge is -2.02. The van der Waals surface area contributed by atoms with Crippen LogP contribution in [0, 0.1) is 0 Å². The highest BCUT2D eigenvalue weighted by molar-refractivity contribution is 5.73. The van der Waals surface area contributed by atoms with Crippen molar-refractivity contribution in [1.82, 2.24) is 10.8 Å². The van der Waals surface area contributed by atoms with Gasteiger partial charge in [-0.1, -0.05) is 0 Å². The monoisotopic (exact) mass is 162 g/mol. The van der Waals surface area contributed by atoms with Crippen LogP contribution in [0.3, 0.4) is 0 Å². The molecule has 0 bridgehead atoms. The van der Waals surface area contributed by atoms with Crippen LogP contribution in [-0.4, -0.2) is 30.3 Å². The van der Waals surface area contributed by atoms with Crippen molar-refractivity contribution in [3.63, 3.8) is 0 Å². The van der Waals surface area contributed by atoms with Crippen molar-refractivity contribution in [3.8, 4) is 0 Å². The first-order valence-electron chi connectivity index (χ1n) is 3.04. The van der Waals surface area contributed by atoms with E-state index in [1.807, 2.05) is 5.48 Å². The SMILES string of the molecule is CCNC(=O)NOCC(=O)O. The molecule has 3 N–H and O–H groups in total. The Balaban J connectivity index is 3.24. The highest BCUT2D eigenvalue weighted by atomic mass is 16.7. The van der Waals surface area contributed by atoms with E-state index in [0.29, 0.717) is 6.54 Å². The molecule has 6 nitrogen and oxygen atoms in total.